The van der Waals surface area contributed by atoms with Crippen LogP contribution in [0.4, 0.5) is 0 Å². The number of amides is 1. The van der Waals surface area contributed by atoms with Crippen LogP contribution < -0.4 is 0 Å². The van der Waals surface area contributed by atoms with Crippen LogP contribution in [0.25, 0.3) is 21.5 Å². The Bertz CT molecular complexity index is 1500. The van der Waals surface area contributed by atoms with Crippen LogP contribution in [0.3, 0.4) is 0 Å². The van der Waals surface area contributed by atoms with Gasteiger partial charge in [0.25, 0.3) is 5.91 Å². The zero-order valence-corrected chi connectivity index (χ0v) is 24.9. The SMILES string of the molecule is CCOC(=O)CN(C(=O)c1cc2cccc(C)c2n1Cc1cc(-c2ccc(Cl)s2)on1)C1CCN(C(C)C)CC1. The van der Waals surface area contributed by atoms with Crippen molar-refractivity contribution in [3.05, 3.63) is 63.8 Å². The quantitative estimate of drug-likeness (QED) is 0.217. The van der Waals surface area contributed by atoms with E-state index in [0.29, 0.717) is 34.1 Å². The van der Waals surface area contributed by atoms with E-state index in [-0.39, 0.29) is 25.1 Å². The molecule has 5 rings (SSSR count). The maximum absolute atomic E-state index is 14.3. The monoisotopic (exact) mass is 582 g/mol. The normalized spacial score (nSPS) is 14.8. The molecule has 212 valence electrons. The van der Waals surface area contributed by atoms with E-state index in [4.69, 9.17) is 20.9 Å². The van der Waals surface area contributed by atoms with E-state index in [1.807, 2.05) is 54.0 Å². The number of thiophene rings is 1. The number of hydrogen-bond donors (Lipinski definition) is 0. The standard InChI is InChI=1S/C30H35ClN4O4S/c1-5-38-28(36)18-34(23-11-13-33(14-12-23)19(2)3)30(37)24-15-21-8-6-7-20(4)29(21)35(24)17-22-16-25(39-32-22)26-9-10-27(31)40-26/h6-10,15-16,19,23H,5,11-14,17-18H2,1-4H3. The highest BCUT2D eigenvalue weighted by Gasteiger charge is 2.33. The van der Waals surface area contributed by atoms with Gasteiger partial charge < -0.3 is 23.6 Å². The van der Waals surface area contributed by atoms with Gasteiger partial charge in [-0.25, -0.2) is 0 Å². The number of halogens is 1. The lowest BCUT2D eigenvalue weighted by molar-refractivity contribution is -0.144. The number of ether oxygens (including phenoxy) is 1. The Morgan fingerprint density at radius 2 is 1.98 bits per heavy atom. The molecule has 0 unspecified atom stereocenters. The second kappa shape index (κ2) is 12.2. The molecular weight excluding hydrogens is 548 g/mol. The minimum Gasteiger partial charge on any atom is -0.465 e. The molecule has 1 fully saturated rings. The van der Waals surface area contributed by atoms with Gasteiger partial charge in [-0.15, -0.1) is 11.3 Å². The molecular formula is C30H35ClN4O4S. The maximum atomic E-state index is 14.3. The molecule has 3 aromatic heterocycles. The van der Waals surface area contributed by atoms with Gasteiger partial charge in [0.2, 0.25) is 0 Å². The Hall–Kier alpha value is -3.14. The first-order valence-electron chi connectivity index (χ1n) is 13.8. The number of likely N-dealkylation sites (tertiary alicyclic amines) is 1. The highest BCUT2D eigenvalue weighted by Crippen LogP contribution is 2.32. The molecule has 0 atom stereocenters. The fourth-order valence-corrected chi connectivity index (χ4v) is 6.53. The van der Waals surface area contributed by atoms with Gasteiger partial charge in [-0.3, -0.25) is 9.59 Å². The Labute approximate surface area is 243 Å². The average Bonchev–Trinajstić information content (AvgIpc) is 3.67. The summed E-state index contributed by atoms with van der Waals surface area (Å²) in [6.07, 6.45) is 1.61. The summed E-state index contributed by atoms with van der Waals surface area (Å²) in [5, 5.41) is 5.27. The number of fused-ring (bicyclic) bond motifs is 1. The summed E-state index contributed by atoms with van der Waals surface area (Å²) in [7, 11) is 0. The predicted octanol–water partition coefficient (Wildman–Crippen LogP) is 6.25. The van der Waals surface area contributed by atoms with Gasteiger partial charge in [0, 0.05) is 36.6 Å². The van der Waals surface area contributed by atoms with Crippen LogP contribution in [-0.2, 0) is 16.1 Å². The number of nitrogens with zero attached hydrogens (tertiary/aromatic N) is 4. The number of benzene rings is 1. The van der Waals surface area contributed by atoms with Gasteiger partial charge in [0.1, 0.15) is 17.9 Å². The van der Waals surface area contributed by atoms with E-state index in [2.05, 4.69) is 23.9 Å². The minimum atomic E-state index is -0.392. The van der Waals surface area contributed by atoms with E-state index < -0.39 is 5.97 Å². The summed E-state index contributed by atoms with van der Waals surface area (Å²) >= 11 is 7.54. The highest BCUT2D eigenvalue weighted by atomic mass is 35.5. The third-order valence-electron chi connectivity index (χ3n) is 7.57. The summed E-state index contributed by atoms with van der Waals surface area (Å²) < 4.78 is 13.6. The van der Waals surface area contributed by atoms with E-state index in [9.17, 15) is 9.59 Å². The van der Waals surface area contributed by atoms with E-state index in [1.165, 1.54) is 11.3 Å². The molecule has 0 aliphatic carbocycles. The molecule has 1 aromatic carbocycles. The smallest absolute Gasteiger partial charge is 0.325 e. The lowest BCUT2D eigenvalue weighted by Crippen LogP contribution is -2.50. The third kappa shape index (κ3) is 5.96. The summed E-state index contributed by atoms with van der Waals surface area (Å²) in [4.78, 5) is 32.0. The summed E-state index contributed by atoms with van der Waals surface area (Å²) in [6, 6.07) is 14.0. The van der Waals surface area contributed by atoms with Crippen molar-refractivity contribution in [1.29, 1.82) is 0 Å². The van der Waals surface area contributed by atoms with Crippen LogP contribution in [0.15, 0.2) is 47.0 Å². The van der Waals surface area contributed by atoms with Crippen molar-refractivity contribution in [2.45, 2.75) is 59.2 Å². The predicted molar refractivity (Wildman–Crippen MR) is 158 cm³/mol. The van der Waals surface area contributed by atoms with Gasteiger partial charge in [0.15, 0.2) is 5.76 Å². The lowest BCUT2D eigenvalue weighted by atomic mass is 10.0. The molecule has 4 heterocycles. The number of piperidine rings is 1. The van der Waals surface area contributed by atoms with E-state index in [0.717, 1.165) is 47.3 Å². The highest BCUT2D eigenvalue weighted by molar-refractivity contribution is 7.19. The van der Waals surface area contributed by atoms with Crippen molar-refractivity contribution >= 4 is 45.7 Å². The number of esters is 1. The zero-order valence-electron chi connectivity index (χ0n) is 23.4. The number of para-hydroxylation sites is 1. The third-order valence-corrected chi connectivity index (χ3v) is 8.82. The van der Waals surface area contributed by atoms with E-state index >= 15 is 0 Å². The Balaban J connectivity index is 1.50. The second-order valence-electron chi connectivity index (χ2n) is 10.5. The van der Waals surface area contributed by atoms with Crippen LogP contribution in [-0.4, -0.2) is 69.7 Å². The lowest BCUT2D eigenvalue weighted by Gasteiger charge is -2.39. The average molecular weight is 583 g/mol. The molecule has 0 bridgehead atoms. The van der Waals surface area contributed by atoms with Gasteiger partial charge in [0.05, 0.1) is 27.9 Å². The molecule has 1 aliphatic rings. The van der Waals surface area contributed by atoms with Crippen molar-refractivity contribution < 1.29 is 18.8 Å². The minimum absolute atomic E-state index is 0.0540. The summed E-state index contributed by atoms with van der Waals surface area (Å²) in [6.45, 7) is 10.5. The maximum Gasteiger partial charge on any atom is 0.325 e. The number of hydrogen-bond acceptors (Lipinski definition) is 7. The molecule has 8 nitrogen and oxygen atoms in total. The summed E-state index contributed by atoms with van der Waals surface area (Å²) in [5.74, 6) is 0.0611. The van der Waals surface area contributed by atoms with Crippen LogP contribution in [0, 0.1) is 6.92 Å². The van der Waals surface area contributed by atoms with Gasteiger partial charge in [-0.05, 0) is 64.3 Å². The molecule has 1 amide bonds. The number of aromatic nitrogens is 2. The number of carbonyl (C=O) groups excluding carboxylic acids is 2. The molecule has 40 heavy (non-hydrogen) atoms. The largest absolute Gasteiger partial charge is 0.465 e. The Kier molecular flexibility index (Phi) is 8.63. The molecule has 10 heteroatoms. The molecule has 4 aromatic rings. The zero-order chi connectivity index (χ0) is 28.4. The first kappa shape index (κ1) is 28.4. The van der Waals surface area contributed by atoms with E-state index in [1.54, 1.807) is 11.8 Å². The molecule has 1 saturated heterocycles. The number of rotatable bonds is 9. The van der Waals surface area contributed by atoms with Crippen LogP contribution in [0.5, 0.6) is 0 Å². The topological polar surface area (TPSA) is 80.8 Å². The van der Waals surface area contributed by atoms with Crippen LogP contribution in [0.1, 0.15) is 55.4 Å². The first-order chi connectivity index (χ1) is 19.2. The molecule has 0 N–H and O–H groups in total. The Morgan fingerprint density at radius 3 is 2.65 bits per heavy atom. The molecule has 0 radical (unpaired) electrons. The first-order valence-corrected chi connectivity index (χ1v) is 14.9. The van der Waals surface area contributed by atoms with Crippen molar-refractivity contribution in [2.75, 3.05) is 26.2 Å². The fraction of sp³-hybridized carbons (Fsp3) is 0.433. The van der Waals surface area contributed by atoms with Crippen molar-refractivity contribution in [3.8, 4) is 10.6 Å². The van der Waals surface area contributed by atoms with Crippen molar-refractivity contribution in [3.63, 3.8) is 0 Å². The van der Waals surface area contributed by atoms with Gasteiger partial charge >= 0.3 is 5.97 Å². The molecule has 1 aliphatic heterocycles. The second-order valence-corrected chi connectivity index (χ2v) is 12.2. The van der Waals surface area contributed by atoms with Gasteiger partial charge in [-0.1, -0.05) is 35.0 Å². The Morgan fingerprint density at radius 1 is 1.20 bits per heavy atom. The molecule has 0 spiro atoms. The number of carbonyl (C=O) groups is 2. The fourth-order valence-electron chi connectivity index (χ4n) is 5.54. The van der Waals surface area contributed by atoms with Gasteiger partial charge in [-0.2, -0.15) is 0 Å². The number of aryl methyl sites for hydroxylation is 1. The molecule has 0 saturated carbocycles. The van der Waals surface area contributed by atoms with Crippen molar-refractivity contribution in [2.24, 2.45) is 0 Å². The van der Waals surface area contributed by atoms with Crippen molar-refractivity contribution in [1.82, 2.24) is 19.5 Å². The summed E-state index contributed by atoms with van der Waals surface area (Å²) in [5.41, 5.74) is 3.22. The van der Waals surface area contributed by atoms with Crippen LogP contribution >= 0.6 is 22.9 Å². The van der Waals surface area contributed by atoms with Crippen LogP contribution in [0.2, 0.25) is 4.34 Å².